The second-order valence-electron chi connectivity index (χ2n) is 7.02. The van der Waals surface area contributed by atoms with E-state index in [1.807, 2.05) is 30.3 Å². The van der Waals surface area contributed by atoms with Gasteiger partial charge in [0.25, 0.3) is 5.91 Å². The van der Waals surface area contributed by atoms with Crippen LogP contribution < -0.4 is 4.74 Å². The van der Waals surface area contributed by atoms with E-state index >= 15 is 0 Å². The first-order chi connectivity index (χ1) is 13.1. The average Bonchev–Trinajstić information content (AvgIpc) is 2.63. The number of fused-ring (bicyclic) bond motifs is 1. The number of ketones is 1. The molecule has 0 bridgehead atoms. The number of carbonyl (C=O) groups excluding carboxylic acids is 2. The Morgan fingerprint density at radius 1 is 1.22 bits per heavy atom. The van der Waals surface area contributed by atoms with Gasteiger partial charge in [0.05, 0.1) is 18.8 Å². The summed E-state index contributed by atoms with van der Waals surface area (Å²) >= 11 is 0. The smallest absolute Gasteiger partial charge is 0.256 e. The zero-order valence-corrected chi connectivity index (χ0v) is 14.8. The van der Waals surface area contributed by atoms with Crippen molar-refractivity contribution in [2.45, 2.75) is 13.0 Å². The lowest BCUT2D eigenvalue weighted by molar-refractivity contribution is -0.121. The molecule has 1 amide bonds. The third kappa shape index (κ3) is 3.85. The number of benzene rings is 2. The molecule has 2 aromatic carbocycles. The van der Waals surface area contributed by atoms with E-state index in [-0.39, 0.29) is 36.2 Å². The zero-order valence-electron chi connectivity index (χ0n) is 14.8. The summed E-state index contributed by atoms with van der Waals surface area (Å²) in [7, 11) is 0. The van der Waals surface area contributed by atoms with E-state index < -0.39 is 5.82 Å². The summed E-state index contributed by atoms with van der Waals surface area (Å²) in [5, 5.41) is 0. The Hall–Kier alpha value is -2.73. The molecule has 2 aromatic rings. The highest BCUT2D eigenvalue weighted by Gasteiger charge is 2.33. The first-order valence-electron chi connectivity index (χ1n) is 8.98. The van der Waals surface area contributed by atoms with Crippen LogP contribution in [-0.2, 0) is 22.6 Å². The van der Waals surface area contributed by atoms with Crippen LogP contribution in [0.5, 0.6) is 5.75 Å². The Morgan fingerprint density at radius 3 is 2.78 bits per heavy atom. The largest absolute Gasteiger partial charge is 0.485 e. The van der Waals surface area contributed by atoms with Crippen molar-refractivity contribution in [3.63, 3.8) is 0 Å². The topological polar surface area (TPSA) is 55.8 Å². The maximum atomic E-state index is 14.3. The summed E-state index contributed by atoms with van der Waals surface area (Å²) in [5.41, 5.74) is 1.67. The molecule has 0 aromatic heterocycles. The molecule has 0 unspecified atom stereocenters. The maximum Gasteiger partial charge on any atom is 0.256 e. The number of likely N-dealkylation sites (tertiary alicyclic amines) is 1. The van der Waals surface area contributed by atoms with Crippen LogP contribution >= 0.6 is 0 Å². The molecule has 0 spiro atoms. The molecule has 2 aliphatic heterocycles. The molecule has 5 nitrogen and oxygen atoms in total. The van der Waals surface area contributed by atoms with Crippen LogP contribution in [0.15, 0.2) is 42.5 Å². The summed E-state index contributed by atoms with van der Waals surface area (Å²) < 4.78 is 25.2. The standard InChI is InChI=1S/C21H20FNO4/c22-19-8-20-16(6-17(24)13-27-20)7-18(19)21(25)23-9-15(10-23)12-26-11-14-4-2-1-3-5-14/h1-5,7-8,15H,6,9-13H2. The Balaban J connectivity index is 1.31. The van der Waals surface area contributed by atoms with Gasteiger partial charge in [-0.25, -0.2) is 4.39 Å². The Morgan fingerprint density at radius 2 is 2.00 bits per heavy atom. The first-order valence-corrected chi connectivity index (χ1v) is 8.98. The molecule has 0 aliphatic carbocycles. The molecule has 0 saturated carbocycles. The van der Waals surface area contributed by atoms with Crippen molar-refractivity contribution in [1.82, 2.24) is 4.90 Å². The molecule has 140 valence electrons. The second kappa shape index (κ2) is 7.48. The van der Waals surface area contributed by atoms with Crippen LogP contribution in [0.25, 0.3) is 0 Å². The number of hydrogen-bond donors (Lipinski definition) is 0. The van der Waals surface area contributed by atoms with Crippen molar-refractivity contribution in [3.8, 4) is 5.75 Å². The van der Waals surface area contributed by atoms with Crippen molar-refractivity contribution in [3.05, 3.63) is 65.0 Å². The van der Waals surface area contributed by atoms with Gasteiger partial charge in [-0.2, -0.15) is 0 Å². The van der Waals surface area contributed by atoms with Crippen LogP contribution in [0.3, 0.4) is 0 Å². The summed E-state index contributed by atoms with van der Waals surface area (Å²) in [4.78, 5) is 25.7. The van der Waals surface area contributed by atoms with Crippen molar-refractivity contribution < 1.29 is 23.5 Å². The minimum absolute atomic E-state index is 0.00398. The van der Waals surface area contributed by atoms with Gasteiger partial charge in [-0.15, -0.1) is 0 Å². The fraction of sp³-hybridized carbons (Fsp3) is 0.333. The number of amides is 1. The summed E-state index contributed by atoms with van der Waals surface area (Å²) in [6.45, 7) is 2.14. The summed E-state index contributed by atoms with van der Waals surface area (Å²) in [6.07, 6.45) is 0.172. The highest BCUT2D eigenvalue weighted by Crippen LogP contribution is 2.29. The van der Waals surface area contributed by atoms with Crippen molar-refractivity contribution in [2.75, 3.05) is 26.3 Å². The van der Waals surface area contributed by atoms with Crippen molar-refractivity contribution in [1.29, 1.82) is 0 Å². The number of carbonyl (C=O) groups is 2. The van der Waals surface area contributed by atoms with Crippen molar-refractivity contribution in [2.24, 2.45) is 5.92 Å². The van der Waals surface area contributed by atoms with Crippen LogP contribution in [0.4, 0.5) is 4.39 Å². The SMILES string of the molecule is O=C1COc2cc(F)c(C(=O)N3CC(COCc4ccccc4)C3)cc2C1. The van der Waals surface area contributed by atoms with Gasteiger partial charge < -0.3 is 14.4 Å². The number of rotatable bonds is 5. The van der Waals surface area contributed by atoms with Crippen LogP contribution in [0.2, 0.25) is 0 Å². The minimum Gasteiger partial charge on any atom is -0.485 e. The molecule has 1 saturated heterocycles. The lowest BCUT2D eigenvalue weighted by Crippen LogP contribution is -2.51. The quantitative estimate of drug-likeness (QED) is 0.813. The maximum absolute atomic E-state index is 14.3. The Bertz CT molecular complexity index is 862. The molecular formula is C21H20FNO4. The molecule has 0 radical (unpaired) electrons. The molecule has 1 fully saturated rings. The lowest BCUT2D eigenvalue weighted by atomic mass is 9.97. The average molecular weight is 369 g/mol. The van der Waals surface area contributed by atoms with Gasteiger partial charge in [0.1, 0.15) is 18.2 Å². The minimum atomic E-state index is -0.614. The predicted molar refractivity (Wildman–Crippen MR) is 96.1 cm³/mol. The molecule has 27 heavy (non-hydrogen) atoms. The van der Waals surface area contributed by atoms with E-state index in [2.05, 4.69) is 0 Å². The van der Waals surface area contributed by atoms with Crippen LogP contribution in [-0.4, -0.2) is 42.9 Å². The lowest BCUT2D eigenvalue weighted by Gasteiger charge is -2.39. The third-order valence-corrected chi connectivity index (χ3v) is 4.87. The number of Topliss-reactive ketones (excluding diaryl/α,β-unsaturated/α-hetero) is 1. The first kappa shape index (κ1) is 17.7. The van der Waals surface area contributed by atoms with E-state index in [1.165, 1.54) is 12.1 Å². The van der Waals surface area contributed by atoms with Gasteiger partial charge in [-0.3, -0.25) is 9.59 Å². The van der Waals surface area contributed by atoms with Crippen LogP contribution in [0, 0.1) is 11.7 Å². The van der Waals surface area contributed by atoms with Crippen LogP contribution in [0.1, 0.15) is 21.5 Å². The van der Waals surface area contributed by atoms with Crippen molar-refractivity contribution >= 4 is 11.7 Å². The number of hydrogen-bond acceptors (Lipinski definition) is 4. The fourth-order valence-electron chi connectivity index (χ4n) is 3.39. The van der Waals surface area contributed by atoms with E-state index in [1.54, 1.807) is 4.90 Å². The zero-order chi connectivity index (χ0) is 18.8. The number of nitrogens with zero attached hydrogens (tertiary/aromatic N) is 1. The van der Waals surface area contributed by atoms with E-state index in [9.17, 15) is 14.0 Å². The molecular weight excluding hydrogens is 349 g/mol. The molecule has 6 heteroatoms. The monoisotopic (exact) mass is 369 g/mol. The van der Waals surface area contributed by atoms with Gasteiger partial charge in [-0.1, -0.05) is 30.3 Å². The molecule has 0 N–H and O–H groups in total. The summed E-state index contributed by atoms with van der Waals surface area (Å²) in [6, 6.07) is 12.6. The van der Waals surface area contributed by atoms with E-state index in [0.29, 0.717) is 37.6 Å². The Kier molecular flexibility index (Phi) is 4.90. The van der Waals surface area contributed by atoms with Gasteiger partial charge in [-0.05, 0) is 11.6 Å². The highest BCUT2D eigenvalue weighted by molar-refractivity contribution is 5.96. The third-order valence-electron chi connectivity index (χ3n) is 4.87. The van der Waals surface area contributed by atoms with Gasteiger partial charge in [0.15, 0.2) is 5.78 Å². The molecule has 2 aliphatic rings. The van der Waals surface area contributed by atoms with Gasteiger partial charge >= 0.3 is 0 Å². The van der Waals surface area contributed by atoms with Gasteiger partial charge in [0.2, 0.25) is 0 Å². The number of halogens is 1. The molecule has 2 heterocycles. The Labute approximate surface area is 156 Å². The summed E-state index contributed by atoms with van der Waals surface area (Å²) in [5.74, 6) is -0.445. The van der Waals surface area contributed by atoms with Gasteiger partial charge in [0, 0.05) is 37.1 Å². The normalized spacial score (nSPS) is 16.5. The van der Waals surface area contributed by atoms with E-state index in [4.69, 9.17) is 9.47 Å². The second-order valence-corrected chi connectivity index (χ2v) is 7.02. The predicted octanol–water partition coefficient (Wildman–Crippen LogP) is 2.62. The van der Waals surface area contributed by atoms with E-state index in [0.717, 1.165) is 5.56 Å². The fourth-order valence-corrected chi connectivity index (χ4v) is 3.39. The highest BCUT2D eigenvalue weighted by atomic mass is 19.1. The molecule has 4 rings (SSSR count). The molecule has 0 atom stereocenters. The number of ether oxygens (including phenoxy) is 2.